The summed E-state index contributed by atoms with van der Waals surface area (Å²) in [4.78, 5) is 24.6. The van der Waals surface area contributed by atoms with Crippen molar-refractivity contribution in [3.63, 3.8) is 0 Å². The number of carbonyl (C=O) groups is 2. The molecule has 6 nitrogen and oxygen atoms in total. The highest BCUT2D eigenvalue weighted by atomic mass is 16.4. The zero-order chi connectivity index (χ0) is 13.2. The van der Waals surface area contributed by atoms with E-state index in [1.807, 2.05) is 0 Å². The molecule has 2 saturated carbocycles. The van der Waals surface area contributed by atoms with Gasteiger partial charge in [-0.15, -0.1) is 0 Å². The quantitative estimate of drug-likeness (QED) is 0.609. The minimum absolute atomic E-state index is 0.229. The second-order valence-electron chi connectivity index (χ2n) is 5.41. The Morgan fingerprint density at radius 1 is 1.33 bits per heavy atom. The summed E-state index contributed by atoms with van der Waals surface area (Å²) in [5.74, 6) is -0.809. The molecule has 18 heavy (non-hydrogen) atoms. The maximum absolute atomic E-state index is 11.5. The van der Waals surface area contributed by atoms with E-state index in [1.54, 1.807) is 0 Å². The molecule has 0 aromatic rings. The van der Waals surface area contributed by atoms with Gasteiger partial charge in [0.05, 0.1) is 5.41 Å². The number of likely N-dealkylation sites (N-methyl/N-ethyl adjacent to an activating group) is 1. The molecule has 0 heterocycles. The SMILES string of the molecule is CN(CCNC(=O)NCC1(C(=O)O)CC1)C1CC1. The molecule has 102 valence electrons. The summed E-state index contributed by atoms with van der Waals surface area (Å²) in [6.45, 7) is 1.66. The van der Waals surface area contributed by atoms with Crippen LogP contribution in [0.4, 0.5) is 4.79 Å². The van der Waals surface area contributed by atoms with Gasteiger partial charge in [0.1, 0.15) is 0 Å². The number of carbonyl (C=O) groups excluding carboxylic acids is 1. The second kappa shape index (κ2) is 5.14. The van der Waals surface area contributed by atoms with Gasteiger partial charge in [-0.25, -0.2) is 4.79 Å². The monoisotopic (exact) mass is 255 g/mol. The molecule has 6 heteroatoms. The molecule has 0 aliphatic heterocycles. The van der Waals surface area contributed by atoms with Crippen LogP contribution in [0.3, 0.4) is 0 Å². The van der Waals surface area contributed by atoms with Crippen molar-refractivity contribution in [1.82, 2.24) is 15.5 Å². The first-order chi connectivity index (χ1) is 8.53. The first-order valence-electron chi connectivity index (χ1n) is 6.49. The Kier molecular flexibility index (Phi) is 3.75. The molecule has 3 N–H and O–H groups in total. The number of carboxylic acid groups (broad SMARTS) is 1. The van der Waals surface area contributed by atoms with Crippen LogP contribution in [-0.2, 0) is 4.79 Å². The molecular formula is C12H21N3O3. The second-order valence-corrected chi connectivity index (χ2v) is 5.41. The van der Waals surface area contributed by atoms with E-state index >= 15 is 0 Å². The van der Waals surface area contributed by atoms with Crippen molar-refractivity contribution < 1.29 is 14.7 Å². The van der Waals surface area contributed by atoms with Crippen molar-refractivity contribution >= 4 is 12.0 Å². The first-order valence-corrected chi connectivity index (χ1v) is 6.49. The fraction of sp³-hybridized carbons (Fsp3) is 0.833. The van der Waals surface area contributed by atoms with E-state index in [-0.39, 0.29) is 12.6 Å². The van der Waals surface area contributed by atoms with Crippen molar-refractivity contribution in [2.75, 3.05) is 26.7 Å². The molecule has 2 amide bonds. The topological polar surface area (TPSA) is 81.7 Å². The van der Waals surface area contributed by atoms with Crippen LogP contribution in [-0.4, -0.2) is 54.7 Å². The summed E-state index contributed by atoms with van der Waals surface area (Å²) in [7, 11) is 2.06. The Balaban J connectivity index is 1.56. The highest BCUT2D eigenvalue weighted by Gasteiger charge is 2.50. The Labute approximate surface area is 107 Å². The van der Waals surface area contributed by atoms with E-state index in [0.717, 1.165) is 6.54 Å². The lowest BCUT2D eigenvalue weighted by atomic mass is 10.1. The van der Waals surface area contributed by atoms with E-state index < -0.39 is 11.4 Å². The lowest BCUT2D eigenvalue weighted by Gasteiger charge is -2.16. The number of nitrogens with one attached hydrogen (secondary N) is 2. The summed E-state index contributed by atoms with van der Waals surface area (Å²) in [5.41, 5.74) is -0.692. The lowest BCUT2D eigenvalue weighted by molar-refractivity contribution is -0.143. The molecule has 0 aromatic carbocycles. The van der Waals surface area contributed by atoms with Crippen molar-refractivity contribution in [3.05, 3.63) is 0 Å². The Hall–Kier alpha value is -1.30. The van der Waals surface area contributed by atoms with Gasteiger partial charge < -0.3 is 20.6 Å². The number of hydrogen-bond donors (Lipinski definition) is 3. The fourth-order valence-electron chi connectivity index (χ4n) is 1.97. The van der Waals surface area contributed by atoms with Gasteiger partial charge in [0.25, 0.3) is 0 Å². The molecule has 0 aromatic heterocycles. The average molecular weight is 255 g/mol. The molecule has 0 unspecified atom stereocenters. The van der Waals surface area contributed by atoms with Crippen molar-refractivity contribution in [2.45, 2.75) is 31.7 Å². The third-order valence-corrected chi connectivity index (χ3v) is 3.81. The molecule has 2 rings (SSSR count). The van der Waals surface area contributed by atoms with Crippen LogP contribution in [0.25, 0.3) is 0 Å². The van der Waals surface area contributed by atoms with Crippen LogP contribution >= 0.6 is 0 Å². The number of rotatable bonds is 7. The van der Waals surface area contributed by atoms with Gasteiger partial charge in [-0.2, -0.15) is 0 Å². The Morgan fingerprint density at radius 2 is 2.00 bits per heavy atom. The molecule has 0 saturated heterocycles. The van der Waals surface area contributed by atoms with Gasteiger partial charge in [-0.05, 0) is 32.7 Å². The van der Waals surface area contributed by atoms with Crippen LogP contribution in [0.15, 0.2) is 0 Å². The predicted molar refractivity (Wildman–Crippen MR) is 66.4 cm³/mol. The van der Waals surface area contributed by atoms with Crippen LogP contribution in [0.1, 0.15) is 25.7 Å². The summed E-state index contributed by atoms with van der Waals surface area (Å²) >= 11 is 0. The summed E-state index contributed by atoms with van der Waals surface area (Å²) in [6, 6.07) is 0.420. The van der Waals surface area contributed by atoms with Crippen LogP contribution in [0, 0.1) is 5.41 Å². The van der Waals surface area contributed by atoms with Crippen molar-refractivity contribution in [1.29, 1.82) is 0 Å². The maximum atomic E-state index is 11.5. The highest BCUT2D eigenvalue weighted by Crippen LogP contribution is 2.45. The minimum atomic E-state index is -0.809. The van der Waals surface area contributed by atoms with Crippen LogP contribution in [0.5, 0.6) is 0 Å². The zero-order valence-electron chi connectivity index (χ0n) is 10.7. The number of nitrogens with zero attached hydrogens (tertiary/aromatic N) is 1. The number of amides is 2. The molecule has 0 spiro atoms. The fourth-order valence-corrected chi connectivity index (χ4v) is 1.97. The summed E-state index contributed by atoms with van der Waals surface area (Å²) in [5, 5.41) is 14.3. The van der Waals surface area contributed by atoms with E-state index in [1.165, 1.54) is 12.8 Å². The van der Waals surface area contributed by atoms with Crippen LogP contribution < -0.4 is 10.6 Å². The van der Waals surface area contributed by atoms with Gasteiger partial charge >= 0.3 is 12.0 Å². The normalized spacial score (nSPS) is 20.6. The Morgan fingerprint density at radius 3 is 2.50 bits per heavy atom. The van der Waals surface area contributed by atoms with Crippen LogP contribution in [0.2, 0.25) is 0 Å². The first kappa shape index (κ1) is 13.1. The third kappa shape index (κ3) is 3.35. The number of carboxylic acids is 1. The van der Waals surface area contributed by atoms with Gasteiger partial charge in [0.15, 0.2) is 0 Å². The van der Waals surface area contributed by atoms with Crippen molar-refractivity contribution in [3.8, 4) is 0 Å². The average Bonchev–Trinajstić information content (AvgIpc) is 3.17. The summed E-state index contributed by atoms with van der Waals surface area (Å²) in [6.07, 6.45) is 3.83. The molecule has 2 aliphatic carbocycles. The maximum Gasteiger partial charge on any atom is 0.314 e. The highest BCUT2D eigenvalue weighted by molar-refractivity contribution is 5.80. The lowest BCUT2D eigenvalue weighted by Crippen LogP contribution is -2.43. The third-order valence-electron chi connectivity index (χ3n) is 3.81. The molecule has 2 fully saturated rings. The van der Waals surface area contributed by atoms with Gasteiger partial charge in [0, 0.05) is 25.7 Å². The Bertz CT molecular complexity index is 337. The van der Waals surface area contributed by atoms with E-state index in [0.29, 0.717) is 25.4 Å². The van der Waals surface area contributed by atoms with E-state index in [4.69, 9.17) is 5.11 Å². The summed E-state index contributed by atoms with van der Waals surface area (Å²) < 4.78 is 0. The smallest absolute Gasteiger partial charge is 0.314 e. The number of urea groups is 1. The van der Waals surface area contributed by atoms with E-state index in [2.05, 4.69) is 22.6 Å². The molecule has 0 radical (unpaired) electrons. The number of aliphatic carboxylic acids is 1. The van der Waals surface area contributed by atoms with Gasteiger partial charge in [-0.3, -0.25) is 4.79 Å². The minimum Gasteiger partial charge on any atom is -0.481 e. The predicted octanol–water partition coefficient (Wildman–Crippen LogP) is 0.245. The molecular weight excluding hydrogens is 234 g/mol. The molecule has 0 bridgehead atoms. The number of hydrogen-bond acceptors (Lipinski definition) is 3. The zero-order valence-corrected chi connectivity index (χ0v) is 10.7. The van der Waals surface area contributed by atoms with E-state index in [9.17, 15) is 9.59 Å². The largest absolute Gasteiger partial charge is 0.481 e. The standard InChI is InChI=1S/C12H21N3O3/c1-15(9-2-3-9)7-6-13-11(18)14-8-12(4-5-12)10(16)17/h9H,2-8H2,1H3,(H,16,17)(H2,13,14,18). The van der Waals surface area contributed by atoms with Gasteiger partial charge in [0.2, 0.25) is 0 Å². The van der Waals surface area contributed by atoms with Gasteiger partial charge in [-0.1, -0.05) is 0 Å². The molecule has 2 aliphatic rings. The van der Waals surface area contributed by atoms with Crippen molar-refractivity contribution in [2.24, 2.45) is 5.41 Å². The molecule has 0 atom stereocenters.